The van der Waals surface area contributed by atoms with Crippen molar-refractivity contribution in [3.8, 4) is 17.6 Å². The summed E-state index contributed by atoms with van der Waals surface area (Å²) in [5.74, 6) is 6.98. The van der Waals surface area contributed by atoms with Gasteiger partial charge >= 0.3 is 0 Å². The van der Waals surface area contributed by atoms with E-state index < -0.39 is 0 Å². The van der Waals surface area contributed by atoms with Crippen LogP contribution in [0.1, 0.15) is 27.2 Å². The molecule has 2 heterocycles. The van der Waals surface area contributed by atoms with Gasteiger partial charge in [-0.1, -0.05) is 18.1 Å². The number of aromatic nitrogens is 2. The fraction of sp³-hybridized carbons (Fsp3) is 0.568. The molecule has 0 radical (unpaired) electrons. The second-order valence-electron chi connectivity index (χ2n) is 10.8. The van der Waals surface area contributed by atoms with Gasteiger partial charge < -0.3 is 53.1 Å². The number of nitrogens with two attached hydrogens (primary N) is 1. The van der Waals surface area contributed by atoms with Crippen LogP contribution in [0, 0.1) is 18.8 Å². The molecule has 0 amide bonds. The summed E-state index contributed by atoms with van der Waals surface area (Å²) in [5, 5.41) is 0. The summed E-state index contributed by atoms with van der Waals surface area (Å²) in [5.41, 5.74) is 9.22. The van der Waals surface area contributed by atoms with Crippen LogP contribution in [0.4, 0.5) is 0 Å². The Balaban J connectivity index is 1.05. The number of benzene rings is 1. The number of imidazole rings is 1. The van der Waals surface area contributed by atoms with Crippen LogP contribution in [-0.2, 0) is 42.6 Å². The van der Waals surface area contributed by atoms with Crippen molar-refractivity contribution in [3.05, 3.63) is 65.1 Å². The number of hydrogen-bond donors (Lipinski definition) is 1. The molecule has 0 fully saturated rings. The first kappa shape index (κ1) is 42.0. The molecule has 3 aromatic rings. The summed E-state index contributed by atoms with van der Waals surface area (Å²) >= 11 is 0. The minimum absolute atomic E-state index is 0.401. The molecule has 14 heteroatoms. The Labute approximate surface area is 300 Å². The van der Waals surface area contributed by atoms with E-state index in [1.807, 2.05) is 35.7 Å². The number of pyridine rings is 1. The number of ether oxygens (including phenoxy) is 10. The molecule has 51 heavy (non-hydrogen) atoms. The first-order valence-corrected chi connectivity index (χ1v) is 17.3. The first-order chi connectivity index (χ1) is 25.2. The molecule has 0 aliphatic rings. The SMILES string of the molecule is Cc1ccc(C=O)cc1C#Cc1cnc2cc(OCCOCCOCCOCCOCCOCCOCCOCCOCCOCCN)ccn12. The molecule has 0 saturated heterocycles. The highest BCUT2D eigenvalue weighted by Crippen LogP contribution is 2.16. The lowest BCUT2D eigenvalue weighted by atomic mass is 10.1. The van der Waals surface area contributed by atoms with Crippen molar-refractivity contribution < 1.29 is 52.2 Å². The van der Waals surface area contributed by atoms with E-state index in [0.717, 1.165) is 28.8 Å². The summed E-state index contributed by atoms with van der Waals surface area (Å²) in [4.78, 5) is 15.5. The maximum atomic E-state index is 11.1. The Morgan fingerprint density at radius 3 is 1.57 bits per heavy atom. The monoisotopic (exact) mass is 715 g/mol. The molecule has 0 saturated carbocycles. The van der Waals surface area contributed by atoms with E-state index in [1.54, 1.807) is 18.3 Å². The zero-order valence-corrected chi connectivity index (χ0v) is 29.7. The third-order valence-corrected chi connectivity index (χ3v) is 6.94. The van der Waals surface area contributed by atoms with Crippen molar-refractivity contribution >= 4 is 11.9 Å². The molecular formula is C37H53N3O11. The van der Waals surface area contributed by atoms with Crippen LogP contribution in [0.25, 0.3) is 5.65 Å². The summed E-state index contributed by atoms with van der Waals surface area (Å²) in [6, 6.07) is 9.17. The predicted octanol–water partition coefficient (Wildman–Crippen LogP) is 2.34. The van der Waals surface area contributed by atoms with Crippen molar-refractivity contribution in [3.63, 3.8) is 0 Å². The van der Waals surface area contributed by atoms with Gasteiger partial charge in [-0.05, 0) is 30.5 Å². The standard InChI is InChI=1S/C37H53N3O11/c1-32-2-3-33(31-41)28-34(32)4-5-35-30-39-37-29-36(6-8-40(35)37)51-27-26-50-25-24-49-23-22-48-21-20-47-19-18-46-17-16-45-15-14-44-13-12-43-11-10-42-9-7-38/h2-3,6,8,28-31H,7,9-27,38H2,1H3. The third kappa shape index (κ3) is 19.1. The molecular weight excluding hydrogens is 662 g/mol. The van der Waals surface area contributed by atoms with Gasteiger partial charge in [-0.3, -0.25) is 9.20 Å². The summed E-state index contributed by atoms with van der Waals surface area (Å²) < 4.78 is 56.8. The topological polar surface area (TPSA) is 153 Å². The molecule has 1 aromatic carbocycles. The summed E-state index contributed by atoms with van der Waals surface area (Å²) in [6.07, 6.45) is 4.41. The molecule has 0 atom stereocenters. The molecule has 2 aromatic heterocycles. The van der Waals surface area contributed by atoms with Crippen molar-refractivity contribution in [2.75, 3.05) is 132 Å². The van der Waals surface area contributed by atoms with Gasteiger partial charge in [-0.2, -0.15) is 0 Å². The first-order valence-electron chi connectivity index (χ1n) is 17.3. The Morgan fingerprint density at radius 2 is 1.10 bits per heavy atom. The van der Waals surface area contributed by atoms with E-state index in [0.29, 0.717) is 143 Å². The Hall–Kier alpha value is -3.46. The van der Waals surface area contributed by atoms with Gasteiger partial charge in [-0.15, -0.1) is 0 Å². The van der Waals surface area contributed by atoms with Gasteiger partial charge in [0.15, 0.2) is 0 Å². The molecule has 0 aliphatic carbocycles. The second-order valence-corrected chi connectivity index (χ2v) is 10.8. The maximum absolute atomic E-state index is 11.1. The highest BCUT2D eigenvalue weighted by atomic mass is 16.6. The number of aldehydes is 1. The normalized spacial score (nSPS) is 11.2. The highest BCUT2D eigenvalue weighted by Gasteiger charge is 2.04. The summed E-state index contributed by atoms with van der Waals surface area (Å²) in [6.45, 7) is 11.9. The number of aryl methyl sites for hydroxylation is 1. The van der Waals surface area contributed by atoms with Gasteiger partial charge in [-0.25, -0.2) is 4.98 Å². The molecule has 282 valence electrons. The number of carbonyl (C=O) groups is 1. The second kappa shape index (κ2) is 28.2. The average molecular weight is 716 g/mol. The number of fused-ring (bicyclic) bond motifs is 1. The zero-order valence-electron chi connectivity index (χ0n) is 29.7. The van der Waals surface area contributed by atoms with E-state index >= 15 is 0 Å². The minimum atomic E-state index is 0.401. The molecule has 3 rings (SSSR count). The van der Waals surface area contributed by atoms with Crippen molar-refractivity contribution in [2.45, 2.75) is 6.92 Å². The predicted molar refractivity (Wildman–Crippen MR) is 190 cm³/mol. The summed E-state index contributed by atoms with van der Waals surface area (Å²) in [7, 11) is 0. The van der Waals surface area contributed by atoms with Gasteiger partial charge in [0.25, 0.3) is 0 Å². The van der Waals surface area contributed by atoms with E-state index in [4.69, 9.17) is 53.1 Å². The number of nitrogens with zero attached hydrogens (tertiary/aromatic N) is 2. The van der Waals surface area contributed by atoms with Crippen molar-refractivity contribution in [1.29, 1.82) is 0 Å². The smallest absolute Gasteiger partial charge is 0.150 e. The van der Waals surface area contributed by atoms with E-state index in [1.165, 1.54) is 0 Å². The third-order valence-electron chi connectivity index (χ3n) is 6.94. The largest absolute Gasteiger partial charge is 0.491 e. The lowest BCUT2D eigenvalue weighted by Gasteiger charge is -2.09. The zero-order chi connectivity index (χ0) is 36.0. The number of hydrogen-bond acceptors (Lipinski definition) is 13. The lowest BCUT2D eigenvalue weighted by Crippen LogP contribution is -2.15. The van der Waals surface area contributed by atoms with E-state index in [9.17, 15) is 4.79 Å². The Bertz CT molecular complexity index is 1410. The molecule has 0 aliphatic heterocycles. The molecule has 0 spiro atoms. The molecule has 2 N–H and O–H groups in total. The van der Waals surface area contributed by atoms with Gasteiger partial charge in [0.2, 0.25) is 0 Å². The Kier molecular flexibility index (Phi) is 23.2. The van der Waals surface area contributed by atoms with Crippen LogP contribution in [0.2, 0.25) is 0 Å². The van der Waals surface area contributed by atoms with E-state index in [-0.39, 0.29) is 0 Å². The van der Waals surface area contributed by atoms with Gasteiger partial charge in [0.05, 0.1) is 125 Å². The molecule has 0 bridgehead atoms. The Morgan fingerprint density at radius 1 is 0.627 bits per heavy atom. The van der Waals surface area contributed by atoms with Crippen molar-refractivity contribution in [1.82, 2.24) is 9.38 Å². The highest BCUT2D eigenvalue weighted by molar-refractivity contribution is 5.76. The van der Waals surface area contributed by atoms with Crippen LogP contribution in [0.5, 0.6) is 5.75 Å². The quantitative estimate of drug-likeness (QED) is 0.0590. The van der Waals surface area contributed by atoms with Crippen LogP contribution in [0.15, 0.2) is 42.7 Å². The fourth-order valence-electron chi connectivity index (χ4n) is 4.29. The fourth-order valence-corrected chi connectivity index (χ4v) is 4.29. The van der Waals surface area contributed by atoms with Crippen molar-refractivity contribution in [2.24, 2.45) is 5.73 Å². The van der Waals surface area contributed by atoms with Gasteiger partial charge in [0.1, 0.15) is 30.0 Å². The maximum Gasteiger partial charge on any atom is 0.150 e. The van der Waals surface area contributed by atoms with Gasteiger partial charge in [0, 0.05) is 29.9 Å². The molecule has 0 unspecified atom stereocenters. The minimum Gasteiger partial charge on any atom is -0.491 e. The number of rotatable bonds is 31. The van der Waals surface area contributed by atoms with Crippen LogP contribution < -0.4 is 10.5 Å². The molecule has 14 nitrogen and oxygen atoms in total. The van der Waals surface area contributed by atoms with Crippen LogP contribution in [-0.4, -0.2) is 148 Å². The number of carbonyl (C=O) groups excluding carboxylic acids is 1. The van der Waals surface area contributed by atoms with E-state index in [2.05, 4.69) is 16.8 Å². The average Bonchev–Trinajstić information content (AvgIpc) is 3.56. The van der Waals surface area contributed by atoms with Crippen LogP contribution >= 0.6 is 0 Å². The lowest BCUT2D eigenvalue weighted by molar-refractivity contribution is -0.0252. The van der Waals surface area contributed by atoms with Crippen LogP contribution in [0.3, 0.4) is 0 Å².